The van der Waals surface area contributed by atoms with Crippen LogP contribution in [0, 0.1) is 0 Å². The Kier molecular flexibility index (Phi) is 4.79. The number of rotatable bonds is 6. The third-order valence-electron chi connectivity index (χ3n) is 2.10. The van der Waals surface area contributed by atoms with Crippen LogP contribution in [0.4, 0.5) is 5.95 Å². The minimum absolute atomic E-state index is 0.487. The molecule has 0 amide bonds. The van der Waals surface area contributed by atoms with Gasteiger partial charge >= 0.3 is 0 Å². The van der Waals surface area contributed by atoms with Crippen molar-refractivity contribution in [2.24, 2.45) is 7.05 Å². The van der Waals surface area contributed by atoms with Crippen molar-refractivity contribution in [2.45, 2.75) is 37.8 Å². The Morgan fingerprint density at radius 1 is 1.29 bits per heavy atom. The van der Waals surface area contributed by atoms with Gasteiger partial charge in [0.25, 0.3) is 0 Å². The van der Waals surface area contributed by atoms with E-state index < -0.39 is 0 Å². The Bertz CT molecular complexity index is 272. The molecule has 1 aromatic rings. The number of nitrogens with two attached hydrogens (primary N) is 1. The van der Waals surface area contributed by atoms with E-state index in [1.54, 1.807) is 11.8 Å². The van der Waals surface area contributed by atoms with Gasteiger partial charge in [0, 0.05) is 12.8 Å². The van der Waals surface area contributed by atoms with Gasteiger partial charge in [0.05, 0.1) is 0 Å². The van der Waals surface area contributed by atoms with E-state index in [1.165, 1.54) is 25.7 Å². The highest BCUT2D eigenvalue weighted by Gasteiger charge is 2.04. The van der Waals surface area contributed by atoms with Crippen LogP contribution in [0.5, 0.6) is 0 Å². The fourth-order valence-corrected chi connectivity index (χ4v) is 2.06. The van der Waals surface area contributed by atoms with Crippen LogP contribution in [0.3, 0.4) is 0 Å². The molecular weight excluding hydrogens is 196 g/mol. The van der Waals surface area contributed by atoms with Crippen molar-refractivity contribution in [3.05, 3.63) is 0 Å². The van der Waals surface area contributed by atoms with Gasteiger partial charge in [0.2, 0.25) is 5.95 Å². The van der Waals surface area contributed by atoms with Gasteiger partial charge in [0.1, 0.15) is 0 Å². The van der Waals surface area contributed by atoms with Crippen molar-refractivity contribution < 1.29 is 0 Å². The molecule has 1 aromatic heterocycles. The summed E-state index contributed by atoms with van der Waals surface area (Å²) in [6, 6.07) is 0. The predicted molar refractivity (Wildman–Crippen MR) is 60.3 cm³/mol. The van der Waals surface area contributed by atoms with Crippen molar-refractivity contribution in [1.29, 1.82) is 0 Å². The minimum atomic E-state index is 0.487. The van der Waals surface area contributed by atoms with Gasteiger partial charge < -0.3 is 5.73 Å². The van der Waals surface area contributed by atoms with Crippen molar-refractivity contribution in [1.82, 2.24) is 14.8 Å². The molecule has 1 rings (SSSR count). The summed E-state index contributed by atoms with van der Waals surface area (Å²) in [5.41, 5.74) is 5.57. The fourth-order valence-electron chi connectivity index (χ4n) is 1.14. The topological polar surface area (TPSA) is 56.7 Å². The van der Waals surface area contributed by atoms with E-state index in [0.29, 0.717) is 5.95 Å². The summed E-state index contributed by atoms with van der Waals surface area (Å²) in [6.07, 6.45) is 5.14. The van der Waals surface area contributed by atoms with Crippen molar-refractivity contribution in [3.8, 4) is 0 Å². The van der Waals surface area contributed by atoms with Crippen LogP contribution in [0.25, 0.3) is 0 Å². The number of unbranched alkanes of at least 4 members (excludes halogenated alkanes) is 3. The number of hydrogen-bond acceptors (Lipinski definition) is 4. The summed E-state index contributed by atoms with van der Waals surface area (Å²) in [7, 11) is 1.89. The van der Waals surface area contributed by atoms with Crippen LogP contribution >= 0.6 is 11.8 Å². The van der Waals surface area contributed by atoms with Gasteiger partial charge in [0.15, 0.2) is 5.16 Å². The number of anilines is 1. The quantitative estimate of drug-likeness (QED) is 0.582. The zero-order valence-electron chi connectivity index (χ0n) is 8.86. The number of aromatic nitrogens is 3. The average Bonchev–Trinajstić information content (AvgIpc) is 2.49. The van der Waals surface area contributed by atoms with Crippen LogP contribution in [-0.2, 0) is 7.05 Å². The average molecular weight is 214 g/mol. The molecular formula is C9H18N4S. The lowest BCUT2D eigenvalue weighted by molar-refractivity contribution is 0.704. The smallest absolute Gasteiger partial charge is 0.222 e. The molecule has 0 aliphatic rings. The summed E-state index contributed by atoms with van der Waals surface area (Å²) in [5, 5.41) is 8.70. The Morgan fingerprint density at radius 2 is 2.07 bits per heavy atom. The van der Waals surface area contributed by atoms with Crippen LogP contribution < -0.4 is 5.73 Å². The summed E-state index contributed by atoms with van der Waals surface area (Å²) >= 11 is 1.73. The molecule has 2 N–H and O–H groups in total. The fraction of sp³-hybridized carbons (Fsp3) is 0.778. The van der Waals surface area contributed by atoms with E-state index in [-0.39, 0.29) is 0 Å². The van der Waals surface area contributed by atoms with Crippen LogP contribution in [0.15, 0.2) is 5.16 Å². The molecule has 0 fully saturated rings. The number of nitrogens with zero attached hydrogens (tertiary/aromatic N) is 3. The van der Waals surface area contributed by atoms with Crippen LogP contribution in [0.2, 0.25) is 0 Å². The summed E-state index contributed by atoms with van der Waals surface area (Å²) in [4.78, 5) is 0. The van der Waals surface area contributed by atoms with Gasteiger partial charge in [-0.05, 0) is 6.42 Å². The molecule has 1 heterocycles. The maximum Gasteiger partial charge on any atom is 0.222 e. The first-order chi connectivity index (χ1) is 6.75. The van der Waals surface area contributed by atoms with Crippen LogP contribution in [-0.4, -0.2) is 20.5 Å². The van der Waals surface area contributed by atoms with E-state index in [9.17, 15) is 0 Å². The Morgan fingerprint density at radius 3 is 2.64 bits per heavy atom. The standard InChI is InChI=1S/C9H18N4S/c1-3-4-5-6-7-14-9-12-11-8(10)13(9)2/h3-7H2,1-2H3,(H2,10,11). The van der Waals surface area contributed by atoms with E-state index >= 15 is 0 Å². The van der Waals surface area contributed by atoms with Crippen molar-refractivity contribution in [2.75, 3.05) is 11.5 Å². The summed E-state index contributed by atoms with van der Waals surface area (Å²) in [5.74, 6) is 1.59. The van der Waals surface area contributed by atoms with Gasteiger partial charge in [-0.3, -0.25) is 4.57 Å². The van der Waals surface area contributed by atoms with E-state index in [1.807, 2.05) is 11.6 Å². The molecule has 0 aliphatic carbocycles. The largest absolute Gasteiger partial charge is 0.368 e. The molecule has 0 unspecified atom stereocenters. The molecule has 4 nitrogen and oxygen atoms in total. The molecule has 14 heavy (non-hydrogen) atoms. The van der Waals surface area contributed by atoms with Gasteiger partial charge in [-0.15, -0.1) is 10.2 Å². The monoisotopic (exact) mass is 214 g/mol. The second-order valence-corrected chi connectivity index (χ2v) is 4.37. The molecule has 0 aromatic carbocycles. The third kappa shape index (κ3) is 3.21. The molecule has 5 heteroatoms. The molecule has 80 valence electrons. The Balaban J connectivity index is 2.21. The Hall–Kier alpha value is -0.710. The highest BCUT2D eigenvalue weighted by atomic mass is 32.2. The molecule has 0 aliphatic heterocycles. The Labute approximate surface area is 89.3 Å². The lowest BCUT2D eigenvalue weighted by atomic mass is 10.2. The maximum atomic E-state index is 5.57. The molecule has 0 saturated carbocycles. The molecule has 0 atom stereocenters. The summed E-state index contributed by atoms with van der Waals surface area (Å²) < 4.78 is 1.82. The first kappa shape index (κ1) is 11.4. The second-order valence-electron chi connectivity index (χ2n) is 3.31. The number of hydrogen-bond donors (Lipinski definition) is 1. The third-order valence-corrected chi connectivity index (χ3v) is 3.20. The maximum absolute atomic E-state index is 5.57. The van der Waals surface area contributed by atoms with Gasteiger partial charge in [-0.2, -0.15) is 0 Å². The second kappa shape index (κ2) is 5.90. The van der Waals surface area contributed by atoms with E-state index in [4.69, 9.17) is 5.73 Å². The first-order valence-electron chi connectivity index (χ1n) is 5.03. The highest BCUT2D eigenvalue weighted by Crippen LogP contribution is 2.18. The SMILES string of the molecule is CCCCCCSc1nnc(N)n1C. The number of thioether (sulfide) groups is 1. The van der Waals surface area contributed by atoms with Crippen molar-refractivity contribution >= 4 is 17.7 Å². The number of nitrogen functional groups attached to an aromatic ring is 1. The lowest BCUT2D eigenvalue weighted by Crippen LogP contribution is -1.98. The minimum Gasteiger partial charge on any atom is -0.368 e. The van der Waals surface area contributed by atoms with Gasteiger partial charge in [-0.25, -0.2) is 0 Å². The molecule has 0 bridgehead atoms. The van der Waals surface area contributed by atoms with E-state index in [2.05, 4.69) is 17.1 Å². The summed E-state index contributed by atoms with van der Waals surface area (Å²) in [6.45, 7) is 2.22. The zero-order valence-corrected chi connectivity index (χ0v) is 9.68. The van der Waals surface area contributed by atoms with Crippen molar-refractivity contribution in [3.63, 3.8) is 0 Å². The van der Waals surface area contributed by atoms with Crippen LogP contribution in [0.1, 0.15) is 32.6 Å². The lowest BCUT2D eigenvalue weighted by Gasteiger charge is -2.00. The van der Waals surface area contributed by atoms with E-state index in [0.717, 1.165) is 10.9 Å². The first-order valence-corrected chi connectivity index (χ1v) is 6.02. The normalized spacial score (nSPS) is 10.7. The predicted octanol–water partition coefficient (Wildman–Crippen LogP) is 2.07. The van der Waals surface area contributed by atoms with Gasteiger partial charge in [-0.1, -0.05) is 37.9 Å². The highest BCUT2D eigenvalue weighted by molar-refractivity contribution is 7.99. The molecule has 0 radical (unpaired) electrons. The zero-order chi connectivity index (χ0) is 10.4. The molecule has 0 saturated heterocycles. The molecule has 0 spiro atoms.